The Hall–Kier alpha value is -2.57. The van der Waals surface area contributed by atoms with Gasteiger partial charge in [-0.2, -0.15) is 0 Å². The number of amides is 2. The lowest BCUT2D eigenvalue weighted by atomic mass is 10.1. The van der Waals surface area contributed by atoms with E-state index < -0.39 is 21.9 Å². The standard InChI is InChI=1S/C21H17ClN2O3S/c22-15-8-10-16(11-9-15)23-19-12-28(26,27)13-20(19)24(21(23)25)18-7-3-5-14-4-1-2-6-17(14)18/h1-11,19-20H,12-13H2/t19-,20+/m0/s1. The molecule has 2 heterocycles. The van der Waals surface area contributed by atoms with Crippen LogP contribution >= 0.6 is 11.6 Å². The Labute approximate surface area is 168 Å². The van der Waals surface area contributed by atoms with Gasteiger partial charge < -0.3 is 0 Å². The van der Waals surface area contributed by atoms with Crippen molar-refractivity contribution in [2.24, 2.45) is 0 Å². The zero-order valence-corrected chi connectivity index (χ0v) is 16.4. The maximum Gasteiger partial charge on any atom is 0.329 e. The van der Waals surface area contributed by atoms with E-state index in [0.717, 1.165) is 16.5 Å². The van der Waals surface area contributed by atoms with Crippen molar-refractivity contribution in [2.45, 2.75) is 12.1 Å². The Morgan fingerprint density at radius 3 is 2.21 bits per heavy atom. The molecular weight excluding hydrogens is 396 g/mol. The van der Waals surface area contributed by atoms with Gasteiger partial charge in [0.15, 0.2) is 9.84 Å². The van der Waals surface area contributed by atoms with Crippen LogP contribution < -0.4 is 9.80 Å². The minimum Gasteiger partial charge on any atom is -0.288 e. The average Bonchev–Trinajstić information content (AvgIpc) is 3.11. The van der Waals surface area contributed by atoms with E-state index in [1.807, 2.05) is 42.5 Å². The van der Waals surface area contributed by atoms with Crippen molar-refractivity contribution in [3.05, 3.63) is 71.8 Å². The second-order valence-corrected chi connectivity index (χ2v) is 9.80. The molecule has 0 unspecified atom stereocenters. The molecule has 2 aliphatic heterocycles. The fraction of sp³-hybridized carbons (Fsp3) is 0.190. The molecule has 3 aromatic rings. The molecule has 2 amide bonds. The third kappa shape index (κ3) is 2.67. The van der Waals surface area contributed by atoms with E-state index in [1.165, 1.54) is 0 Å². The lowest BCUT2D eigenvalue weighted by Gasteiger charge is -2.24. The lowest BCUT2D eigenvalue weighted by molar-refractivity contribution is 0.255. The van der Waals surface area contributed by atoms with Gasteiger partial charge in [0, 0.05) is 16.1 Å². The SMILES string of the molecule is O=C1N(c2cccc3ccccc23)[C@@H]2CS(=O)(=O)C[C@@H]2N1c1ccc(Cl)cc1. The number of hydrogen-bond donors (Lipinski definition) is 0. The van der Waals surface area contributed by atoms with Crippen LogP contribution in [0.4, 0.5) is 16.2 Å². The van der Waals surface area contributed by atoms with Gasteiger partial charge >= 0.3 is 6.03 Å². The van der Waals surface area contributed by atoms with Crippen LogP contribution in [0, 0.1) is 0 Å². The van der Waals surface area contributed by atoms with Crippen LogP contribution in [0.1, 0.15) is 0 Å². The third-order valence-electron chi connectivity index (χ3n) is 5.50. The van der Waals surface area contributed by atoms with E-state index in [2.05, 4.69) is 0 Å². The van der Waals surface area contributed by atoms with Crippen molar-refractivity contribution in [3.8, 4) is 0 Å². The summed E-state index contributed by atoms with van der Waals surface area (Å²) in [5.74, 6) is -0.0655. The van der Waals surface area contributed by atoms with Gasteiger partial charge in [0.2, 0.25) is 0 Å². The zero-order valence-electron chi connectivity index (χ0n) is 14.8. The zero-order chi connectivity index (χ0) is 19.5. The summed E-state index contributed by atoms with van der Waals surface area (Å²) in [5.41, 5.74) is 1.40. The molecule has 5 rings (SSSR count). The van der Waals surface area contributed by atoms with Gasteiger partial charge in [0.1, 0.15) is 0 Å². The minimum atomic E-state index is -3.23. The highest BCUT2D eigenvalue weighted by Crippen LogP contribution is 2.40. The van der Waals surface area contributed by atoms with Crippen LogP contribution in [0.5, 0.6) is 0 Å². The van der Waals surface area contributed by atoms with Gasteiger partial charge in [0.05, 0.1) is 29.3 Å². The van der Waals surface area contributed by atoms with E-state index in [0.29, 0.717) is 10.7 Å². The second-order valence-electron chi connectivity index (χ2n) is 7.21. The van der Waals surface area contributed by atoms with E-state index in [9.17, 15) is 13.2 Å². The summed E-state index contributed by atoms with van der Waals surface area (Å²) in [7, 11) is -3.23. The molecule has 0 aromatic heterocycles. The maximum absolute atomic E-state index is 13.5. The smallest absolute Gasteiger partial charge is 0.288 e. The maximum atomic E-state index is 13.5. The Morgan fingerprint density at radius 2 is 1.46 bits per heavy atom. The van der Waals surface area contributed by atoms with Crippen molar-refractivity contribution in [3.63, 3.8) is 0 Å². The number of benzene rings is 3. The molecule has 0 saturated carbocycles. The highest BCUT2D eigenvalue weighted by Gasteiger charge is 2.54. The van der Waals surface area contributed by atoms with Crippen molar-refractivity contribution in [1.82, 2.24) is 0 Å². The van der Waals surface area contributed by atoms with Crippen LogP contribution in [-0.4, -0.2) is 38.0 Å². The first-order valence-electron chi connectivity index (χ1n) is 9.01. The number of rotatable bonds is 2. The molecule has 2 fully saturated rings. The third-order valence-corrected chi connectivity index (χ3v) is 7.45. The summed E-state index contributed by atoms with van der Waals surface area (Å²) in [4.78, 5) is 16.7. The molecule has 3 aromatic carbocycles. The van der Waals surface area contributed by atoms with E-state index >= 15 is 0 Å². The van der Waals surface area contributed by atoms with Gasteiger partial charge in [-0.1, -0.05) is 48.0 Å². The predicted molar refractivity (Wildman–Crippen MR) is 112 cm³/mol. The molecule has 0 N–H and O–H groups in total. The number of carbonyl (C=O) groups excluding carboxylic acids is 1. The molecular formula is C21H17ClN2O3S. The fourth-order valence-corrected chi connectivity index (χ4v) is 6.35. The van der Waals surface area contributed by atoms with Gasteiger partial charge in [-0.05, 0) is 35.7 Å². The minimum absolute atomic E-state index is 0.0310. The van der Waals surface area contributed by atoms with Crippen molar-refractivity contribution < 1.29 is 13.2 Å². The molecule has 2 saturated heterocycles. The van der Waals surface area contributed by atoms with Crippen LogP contribution in [-0.2, 0) is 9.84 Å². The molecule has 0 bridgehead atoms. The van der Waals surface area contributed by atoms with Gasteiger partial charge in [0.25, 0.3) is 0 Å². The predicted octanol–water partition coefficient (Wildman–Crippen LogP) is 4.11. The quantitative estimate of drug-likeness (QED) is 0.595. The number of nitrogens with zero attached hydrogens (tertiary/aromatic N) is 2. The number of hydrogen-bond acceptors (Lipinski definition) is 3. The Bertz CT molecular complexity index is 1190. The monoisotopic (exact) mass is 412 g/mol. The Morgan fingerprint density at radius 1 is 0.821 bits per heavy atom. The molecule has 5 nitrogen and oxygen atoms in total. The second kappa shape index (κ2) is 6.22. The summed E-state index contributed by atoms with van der Waals surface area (Å²) in [6.45, 7) is 0. The number of carbonyl (C=O) groups is 1. The molecule has 2 aliphatic rings. The van der Waals surface area contributed by atoms with Crippen LogP contribution in [0.3, 0.4) is 0 Å². The van der Waals surface area contributed by atoms with Crippen molar-refractivity contribution >= 4 is 49.6 Å². The molecule has 142 valence electrons. The van der Waals surface area contributed by atoms with Crippen molar-refractivity contribution in [2.75, 3.05) is 21.3 Å². The summed E-state index contributed by atoms with van der Waals surface area (Å²) >= 11 is 5.99. The first-order valence-corrected chi connectivity index (χ1v) is 11.2. The number of urea groups is 1. The first kappa shape index (κ1) is 17.5. The van der Waals surface area contributed by atoms with Crippen LogP contribution in [0.25, 0.3) is 10.8 Å². The molecule has 28 heavy (non-hydrogen) atoms. The van der Waals surface area contributed by atoms with E-state index in [4.69, 9.17) is 11.6 Å². The van der Waals surface area contributed by atoms with Crippen molar-refractivity contribution in [1.29, 1.82) is 0 Å². The Balaban J connectivity index is 1.67. The summed E-state index contributed by atoms with van der Waals surface area (Å²) in [6, 6.07) is 19.5. The molecule has 2 atom stereocenters. The highest BCUT2D eigenvalue weighted by molar-refractivity contribution is 7.91. The normalized spacial score (nSPS) is 23.4. The van der Waals surface area contributed by atoms with E-state index in [-0.39, 0.29) is 17.5 Å². The summed E-state index contributed by atoms with van der Waals surface area (Å²) in [6.07, 6.45) is 0. The lowest BCUT2D eigenvalue weighted by Crippen LogP contribution is -2.38. The molecule has 0 spiro atoms. The largest absolute Gasteiger partial charge is 0.329 e. The molecule has 0 radical (unpaired) electrons. The Kier molecular flexibility index (Phi) is 3.89. The topological polar surface area (TPSA) is 57.7 Å². The van der Waals surface area contributed by atoms with E-state index in [1.54, 1.807) is 34.1 Å². The van der Waals surface area contributed by atoms with Gasteiger partial charge in [-0.3, -0.25) is 9.80 Å². The van der Waals surface area contributed by atoms with Crippen LogP contribution in [0.15, 0.2) is 66.7 Å². The number of fused-ring (bicyclic) bond motifs is 2. The van der Waals surface area contributed by atoms with Gasteiger partial charge in [-0.15, -0.1) is 0 Å². The van der Waals surface area contributed by atoms with Gasteiger partial charge in [-0.25, -0.2) is 13.2 Å². The van der Waals surface area contributed by atoms with Crippen LogP contribution in [0.2, 0.25) is 5.02 Å². The number of halogens is 1. The summed E-state index contributed by atoms with van der Waals surface area (Å²) < 4.78 is 24.9. The number of sulfone groups is 1. The highest BCUT2D eigenvalue weighted by atomic mass is 35.5. The number of anilines is 2. The fourth-order valence-electron chi connectivity index (χ4n) is 4.31. The molecule has 7 heteroatoms. The summed E-state index contributed by atoms with van der Waals surface area (Å²) in [5, 5.41) is 2.51. The first-order chi connectivity index (χ1) is 13.4. The average molecular weight is 413 g/mol. The molecule has 0 aliphatic carbocycles.